The first kappa shape index (κ1) is 22.8. The third-order valence-electron chi connectivity index (χ3n) is 5.74. The van der Waals surface area contributed by atoms with Crippen molar-refractivity contribution < 1.29 is 17.9 Å². The maximum absolute atomic E-state index is 14.9. The molecule has 0 fully saturated rings. The van der Waals surface area contributed by atoms with Gasteiger partial charge in [0, 0.05) is 17.8 Å². The number of fused-ring (bicyclic) bond motifs is 1. The van der Waals surface area contributed by atoms with Crippen molar-refractivity contribution in [3.8, 4) is 5.69 Å². The predicted molar refractivity (Wildman–Crippen MR) is 123 cm³/mol. The van der Waals surface area contributed by atoms with Crippen LogP contribution in [0.15, 0.2) is 42.7 Å². The first-order valence-electron chi connectivity index (χ1n) is 11.1. The minimum absolute atomic E-state index is 0.235. The summed E-state index contributed by atoms with van der Waals surface area (Å²) in [5, 5.41) is 10.3. The molecule has 35 heavy (non-hydrogen) atoms. The Bertz CT molecular complexity index is 1390. The molecule has 2 N–H and O–H groups in total. The van der Waals surface area contributed by atoms with Gasteiger partial charge in [0.1, 0.15) is 23.7 Å². The fourth-order valence-corrected chi connectivity index (χ4v) is 4.06. The zero-order valence-corrected chi connectivity index (χ0v) is 19.0. The lowest BCUT2D eigenvalue weighted by molar-refractivity contribution is 0.0978. The second-order valence-electron chi connectivity index (χ2n) is 8.04. The summed E-state index contributed by atoms with van der Waals surface area (Å²) in [6.45, 7) is 4.78. The number of ether oxygens (including phenoxy) is 1. The van der Waals surface area contributed by atoms with E-state index in [4.69, 9.17) is 4.74 Å². The van der Waals surface area contributed by atoms with Crippen LogP contribution in [0.3, 0.4) is 0 Å². The molecule has 0 radical (unpaired) electrons. The molecule has 5 rings (SSSR count). The van der Waals surface area contributed by atoms with Gasteiger partial charge in [0.25, 0.3) is 0 Å². The zero-order chi connectivity index (χ0) is 24.5. The van der Waals surface area contributed by atoms with Crippen LogP contribution in [0.5, 0.6) is 0 Å². The standard InChI is InChI=1S/C24H22F3N7O/c1-3-28-23-17-11-35-10-16(14-4-6-18(25)19(26)8-14)22(17)32-24(33-23)31-15-5-7-21(20(27)9-15)34-13(2)29-12-30-34/h4-9,12,16H,3,10-11H2,1-2H3,(H2,28,31,32,33). The number of benzene rings is 2. The molecule has 2 aromatic heterocycles. The molecule has 0 bridgehead atoms. The van der Waals surface area contributed by atoms with Crippen molar-refractivity contribution in [2.45, 2.75) is 26.4 Å². The molecular formula is C24H22F3N7O. The molecule has 1 aliphatic heterocycles. The average Bonchev–Trinajstić information content (AvgIpc) is 3.26. The largest absolute Gasteiger partial charge is 0.376 e. The van der Waals surface area contributed by atoms with Crippen LogP contribution in [-0.4, -0.2) is 37.9 Å². The SMILES string of the molecule is CCNc1nc(Nc2ccc(-n3ncnc3C)c(F)c2)nc2c1COCC2c1ccc(F)c(F)c1. The number of halogens is 3. The van der Waals surface area contributed by atoms with Crippen LogP contribution in [0, 0.1) is 24.4 Å². The van der Waals surface area contributed by atoms with Crippen LogP contribution in [0.1, 0.15) is 35.5 Å². The lowest BCUT2D eigenvalue weighted by Crippen LogP contribution is -2.23. The lowest BCUT2D eigenvalue weighted by Gasteiger charge is -2.27. The summed E-state index contributed by atoms with van der Waals surface area (Å²) in [5.74, 6) is -1.43. The van der Waals surface area contributed by atoms with E-state index in [9.17, 15) is 13.2 Å². The van der Waals surface area contributed by atoms with Gasteiger partial charge in [-0.2, -0.15) is 10.1 Å². The fourth-order valence-electron chi connectivity index (χ4n) is 4.06. The van der Waals surface area contributed by atoms with Crippen molar-refractivity contribution in [2.75, 3.05) is 23.8 Å². The molecule has 3 heterocycles. The van der Waals surface area contributed by atoms with Crippen molar-refractivity contribution in [1.29, 1.82) is 0 Å². The van der Waals surface area contributed by atoms with Crippen molar-refractivity contribution in [3.63, 3.8) is 0 Å². The van der Waals surface area contributed by atoms with Crippen LogP contribution >= 0.6 is 0 Å². The molecule has 0 aliphatic carbocycles. The van der Waals surface area contributed by atoms with Gasteiger partial charge in [0.2, 0.25) is 5.95 Å². The monoisotopic (exact) mass is 481 g/mol. The van der Waals surface area contributed by atoms with E-state index in [1.807, 2.05) is 6.92 Å². The van der Waals surface area contributed by atoms with Crippen LogP contribution in [0.2, 0.25) is 0 Å². The van der Waals surface area contributed by atoms with Gasteiger partial charge in [-0.1, -0.05) is 6.07 Å². The highest BCUT2D eigenvalue weighted by Crippen LogP contribution is 2.35. The molecule has 4 aromatic rings. The average molecular weight is 481 g/mol. The van der Waals surface area contributed by atoms with E-state index in [0.29, 0.717) is 35.1 Å². The molecule has 2 aromatic carbocycles. The normalized spacial score (nSPS) is 15.1. The fraction of sp³-hybridized carbons (Fsp3) is 0.250. The molecule has 1 aliphatic rings. The van der Waals surface area contributed by atoms with E-state index in [1.54, 1.807) is 19.1 Å². The first-order chi connectivity index (χ1) is 16.9. The van der Waals surface area contributed by atoms with Crippen LogP contribution in [0.4, 0.5) is 30.6 Å². The Hall–Kier alpha value is -3.99. The minimum Gasteiger partial charge on any atom is -0.376 e. The number of anilines is 3. The number of hydrogen-bond acceptors (Lipinski definition) is 7. The molecule has 180 valence electrons. The van der Waals surface area contributed by atoms with E-state index in [2.05, 4.69) is 30.7 Å². The van der Waals surface area contributed by atoms with E-state index in [0.717, 1.165) is 17.7 Å². The second kappa shape index (κ2) is 9.34. The summed E-state index contributed by atoms with van der Waals surface area (Å²) in [7, 11) is 0. The van der Waals surface area contributed by atoms with Gasteiger partial charge in [-0.25, -0.2) is 27.8 Å². The Labute approximate surface area is 199 Å². The lowest BCUT2D eigenvalue weighted by atomic mass is 9.91. The van der Waals surface area contributed by atoms with Gasteiger partial charge in [-0.15, -0.1) is 0 Å². The number of nitrogens with zero attached hydrogens (tertiary/aromatic N) is 5. The Morgan fingerprint density at radius 1 is 1.06 bits per heavy atom. The van der Waals surface area contributed by atoms with Crippen molar-refractivity contribution in [2.24, 2.45) is 0 Å². The Morgan fingerprint density at radius 2 is 1.91 bits per heavy atom. The maximum Gasteiger partial charge on any atom is 0.229 e. The quantitative estimate of drug-likeness (QED) is 0.415. The highest BCUT2D eigenvalue weighted by Gasteiger charge is 2.28. The minimum atomic E-state index is -0.938. The molecule has 0 saturated carbocycles. The summed E-state index contributed by atoms with van der Waals surface area (Å²) in [6, 6.07) is 8.35. The molecule has 0 amide bonds. The van der Waals surface area contributed by atoms with Crippen molar-refractivity contribution in [3.05, 3.63) is 82.8 Å². The molecular weight excluding hydrogens is 459 g/mol. The van der Waals surface area contributed by atoms with E-state index < -0.39 is 23.4 Å². The van der Waals surface area contributed by atoms with Gasteiger partial charge in [-0.05, 0) is 49.7 Å². The van der Waals surface area contributed by atoms with Crippen molar-refractivity contribution >= 4 is 17.5 Å². The van der Waals surface area contributed by atoms with E-state index in [-0.39, 0.29) is 24.8 Å². The number of rotatable bonds is 6. The van der Waals surface area contributed by atoms with Gasteiger partial charge < -0.3 is 15.4 Å². The number of hydrogen-bond donors (Lipinski definition) is 2. The second-order valence-corrected chi connectivity index (χ2v) is 8.04. The third kappa shape index (κ3) is 4.42. The first-order valence-corrected chi connectivity index (χ1v) is 11.1. The summed E-state index contributed by atoms with van der Waals surface area (Å²) in [5.41, 5.74) is 2.60. The molecule has 1 atom stereocenters. The van der Waals surface area contributed by atoms with Gasteiger partial charge >= 0.3 is 0 Å². The van der Waals surface area contributed by atoms with Gasteiger partial charge in [0.05, 0.1) is 24.8 Å². The Kier molecular flexibility index (Phi) is 6.08. The van der Waals surface area contributed by atoms with Gasteiger partial charge in [-0.3, -0.25) is 0 Å². The Morgan fingerprint density at radius 3 is 2.63 bits per heavy atom. The van der Waals surface area contributed by atoms with E-state index in [1.165, 1.54) is 23.1 Å². The number of aryl methyl sites for hydroxylation is 1. The third-order valence-corrected chi connectivity index (χ3v) is 5.74. The van der Waals surface area contributed by atoms with Crippen LogP contribution < -0.4 is 10.6 Å². The number of nitrogens with one attached hydrogen (secondary N) is 2. The molecule has 0 saturated heterocycles. The number of aromatic nitrogens is 5. The summed E-state index contributed by atoms with van der Waals surface area (Å²) >= 11 is 0. The summed E-state index contributed by atoms with van der Waals surface area (Å²) < 4.78 is 49.5. The summed E-state index contributed by atoms with van der Waals surface area (Å²) in [4.78, 5) is 13.2. The zero-order valence-electron chi connectivity index (χ0n) is 19.0. The molecule has 11 heteroatoms. The Balaban J connectivity index is 1.52. The molecule has 8 nitrogen and oxygen atoms in total. The predicted octanol–water partition coefficient (Wildman–Crippen LogP) is 4.62. The van der Waals surface area contributed by atoms with E-state index >= 15 is 0 Å². The highest BCUT2D eigenvalue weighted by atomic mass is 19.2. The summed E-state index contributed by atoms with van der Waals surface area (Å²) in [6.07, 6.45) is 1.36. The van der Waals surface area contributed by atoms with Crippen molar-refractivity contribution in [1.82, 2.24) is 24.7 Å². The van der Waals surface area contributed by atoms with Crippen LogP contribution in [0.25, 0.3) is 5.69 Å². The molecule has 1 unspecified atom stereocenters. The molecule has 0 spiro atoms. The van der Waals surface area contributed by atoms with Gasteiger partial charge in [0.15, 0.2) is 17.5 Å². The highest BCUT2D eigenvalue weighted by molar-refractivity contribution is 5.60. The smallest absolute Gasteiger partial charge is 0.229 e. The topological polar surface area (TPSA) is 89.8 Å². The van der Waals surface area contributed by atoms with Crippen LogP contribution in [-0.2, 0) is 11.3 Å². The maximum atomic E-state index is 14.9.